The van der Waals surface area contributed by atoms with Gasteiger partial charge in [-0.25, -0.2) is 8.42 Å². The van der Waals surface area contributed by atoms with Crippen molar-refractivity contribution in [2.75, 3.05) is 37.3 Å². The van der Waals surface area contributed by atoms with E-state index < -0.39 is 10.0 Å². The van der Waals surface area contributed by atoms with Gasteiger partial charge in [0.1, 0.15) is 0 Å². The number of aromatic nitrogens is 2. The van der Waals surface area contributed by atoms with E-state index in [2.05, 4.69) is 48.0 Å². The standard InChI is InChI=1S/C18H24N4O2S/c1-13-11-15(3)16(12-14(13)2)17-5-6-18(20-19-17)21-7-9-22(10-8-21)25(4,23)24/h5-6,11-12H,7-10H2,1-4H3. The minimum Gasteiger partial charge on any atom is -0.352 e. The Morgan fingerprint density at radius 2 is 1.52 bits per heavy atom. The van der Waals surface area contributed by atoms with Crippen LogP contribution in [0.3, 0.4) is 0 Å². The summed E-state index contributed by atoms with van der Waals surface area (Å²) in [5.41, 5.74) is 5.66. The first-order chi connectivity index (χ1) is 11.8. The Hall–Kier alpha value is -1.99. The fourth-order valence-electron chi connectivity index (χ4n) is 3.12. The lowest BCUT2D eigenvalue weighted by Crippen LogP contribution is -2.48. The third-order valence-electron chi connectivity index (χ3n) is 4.80. The zero-order valence-corrected chi connectivity index (χ0v) is 16.0. The van der Waals surface area contributed by atoms with Gasteiger partial charge in [0, 0.05) is 31.7 Å². The van der Waals surface area contributed by atoms with E-state index in [1.165, 1.54) is 27.3 Å². The first kappa shape index (κ1) is 17.8. The van der Waals surface area contributed by atoms with Crippen molar-refractivity contribution < 1.29 is 8.42 Å². The highest BCUT2D eigenvalue weighted by Gasteiger charge is 2.24. The topological polar surface area (TPSA) is 66.4 Å². The quantitative estimate of drug-likeness (QED) is 0.839. The summed E-state index contributed by atoms with van der Waals surface area (Å²) in [5, 5.41) is 8.77. The fraction of sp³-hybridized carbons (Fsp3) is 0.444. The molecule has 0 saturated carbocycles. The Bertz CT molecular complexity index is 871. The number of anilines is 1. The van der Waals surface area contributed by atoms with Gasteiger partial charge in [-0.3, -0.25) is 0 Å². The Balaban J connectivity index is 1.77. The average Bonchev–Trinajstić information content (AvgIpc) is 2.58. The molecule has 0 radical (unpaired) electrons. The van der Waals surface area contributed by atoms with E-state index in [9.17, 15) is 8.42 Å². The summed E-state index contributed by atoms with van der Waals surface area (Å²) >= 11 is 0. The van der Waals surface area contributed by atoms with Gasteiger partial charge < -0.3 is 4.90 Å². The van der Waals surface area contributed by atoms with E-state index in [1.807, 2.05) is 12.1 Å². The van der Waals surface area contributed by atoms with Gasteiger partial charge in [-0.15, -0.1) is 10.2 Å². The Labute approximate surface area is 149 Å². The van der Waals surface area contributed by atoms with Crippen LogP contribution in [-0.2, 0) is 10.0 Å². The fourth-order valence-corrected chi connectivity index (χ4v) is 3.95. The smallest absolute Gasteiger partial charge is 0.211 e. The predicted molar refractivity (Wildman–Crippen MR) is 100 cm³/mol. The van der Waals surface area contributed by atoms with Gasteiger partial charge in [-0.1, -0.05) is 6.07 Å². The summed E-state index contributed by atoms with van der Waals surface area (Å²) in [6.07, 6.45) is 1.25. The molecule has 1 saturated heterocycles. The second-order valence-corrected chi connectivity index (χ2v) is 8.66. The number of hydrogen-bond acceptors (Lipinski definition) is 5. The van der Waals surface area contributed by atoms with Crippen LogP contribution in [0.1, 0.15) is 16.7 Å². The molecule has 0 aliphatic carbocycles. The molecule has 25 heavy (non-hydrogen) atoms. The molecule has 7 heteroatoms. The van der Waals surface area contributed by atoms with E-state index in [-0.39, 0.29) is 0 Å². The van der Waals surface area contributed by atoms with Crippen molar-refractivity contribution in [1.82, 2.24) is 14.5 Å². The molecule has 1 aliphatic rings. The van der Waals surface area contributed by atoms with Crippen LogP contribution in [0, 0.1) is 20.8 Å². The van der Waals surface area contributed by atoms with E-state index >= 15 is 0 Å². The lowest BCUT2D eigenvalue weighted by Gasteiger charge is -2.33. The molecule has 2 heterocycles. The molecular formula is C18H24N4O2S. The number of hydrogen-bond donors (Lipinski definition) is 0. The van der Waals surface area contributed by atoms with Crippen LogP contribution in [0.5, 0.6) is 0 Å². The number of nitrogens with zero attached hydrogens (tertiary/aromatic N) is 4. The Kier molecular flexibility index (Phi) is 4.79. The monoisotopic (exact) mass is 360 g/mol. The maximum Gasteiger partial charge on any atom is 0.211 e. The van der Waals surface area contributed by atoms with Gasteiger partial charge in [0.15, 0.2) is 5.82 Å². The molecule has 1 aliphatic heterocycles. The molecule has 0 N–H and O–H groups in total. The van der Waals surface area contributed by atoms with Crippen molar-refractivity contribution in [3.63, 3.8) is 0 Å². The first-order valence-corrected chi connectivity index (χ1v) is 10.2. The molecule has 1 aromatic carbocycles. The highest BCUT2D eigenvalue weighted by atomic mass is 32.2. The highest BCUT2D eigenvalue weighted by molar-refractivity contribution is 7.88. The van der Waals surface area contributed by atoms with Crippen molar-refractivity contribution in [2.24, 2.45) is 0 Å². The molecule has 0 spiro atoms. The number of rotatable bonds is 3. The van der Waals surface area contributed by atoms with Crippen molar-refractivity contribution in [2.45, 2.75) is 20.8 Å². The largest absolute Gasteiger partial charge is 0.352 e. The number of sulfonamides is 1. The molecular weight excluding hydrogens is 336 g/mol. The summed E-state index contributed by atoms with van der Waals surface area (Å²) in [6, 6.07) is 8.28. The van der Waals surface area contributed by atoms with Gasteiger partial charge in [0.2, 0.25) is 10.0 Å². The Morgan fingerprint density at radius 3 is 2.08 bits per heavy atom. The lowest BCUT2D eigenvalue weighted by atomic mass is 9.99. The Morgan fingerprint density at radius 1 is 0.880 bits per heavy atom. The summed E-state index contributed by atoms with van der Waals surface area (Å²) in [4.78, 5) is 2.08. The van der Waals surface area contributed by atoms with Gasteiger partial charge in [0.05, 0.1) is 11.9 Å². The zero-order valence-electron chi connectivity index (χ0n) is 15.2. The van der Waals surface area contributed by atoms with Gasteiger partial charge >= 0.3 is 0 Å². The lowest BCUT2D eigenvalue weighted by molar-refractivity contribution is 0.386. The molecule has 0 atom stereocenters. The van der Waals surface area contributed by atoms with E-state index in [0.717, 1.165) is 17.1 Å². The normalized spacial score (nSPS) is 16.2. The van der Waals surface area contributed by atoms with Crippen LogP contribution >= 0.6 is 0 Å². The number of piperazine rings is 1. The molecule has 3 rings (SSSR count). The van der Waals surface area contributed by atoms with Gasteiger partial charge in [0.25, 0.3) is 0 Å². The third kappa shape index (κ3) is 3.82. The number of benzene rings is 1. The maximum absolute atomic E-state index is 11.6. The van der Waals surface area contributed by atoms with E-state index in [4.69, 9.17) is 0 Å². The van der Waals surface area contributed by atoms with Crippen LogP contribution in [0.4, 0.5) is 5.82 Å². The van der Waals surface area contributed by atoms with Crippen LogP contribution in [0.2, 0.25) is 0 Å². The van der Waals surface area contributed by atoms with Gasteiger partial charge in [-0.2, -0.15) is 4.31 Å². The van der Waals surface area contributed by atoms with Crippen LogP contribution in [0.15, 0.2) is 24.3 Å². The van der Waals surface area contributed by atoms with Crippen LogP contribution in [-0.4, -0.2) is 55.4 Å². The highest BCUT2D eigenvalue weighted by Crippen LogP contribution is 2.25. The summed E-state index contributed by atoms with van der Waals surface area (Å²) in [6.45, 7) is 8.52. The molecule has 6 nitrogen and oxygen atoms in total. The molecule has 2 aromatic rings. The molecule has 1 aromatic heterocycles. The SMILES string of the molecule is Cc1cc(C)c(-c2ccc(N3CCN(S(C)(=O)=O)CC3)nn2)cc1C. The van der Waals surface area contributed by atoms with Crippen molar-refractivity contribution in [3.05, 3.63) is 41.0 Å². The number of aryl methyl sites for hydroxylation is 3. The zero-order chi connectivity index (χ0) is 18.2. The second-order valence-electron chi connectivity index (χ2n) is 6.68. The van der Waals surface area contributed by atoms with E-state index in [1.54, 1.807) is 0 Å². The minimum absolute atomic E-state index is 0.485. The van der Waals surface area contributed by atoms with Crippen LogP contribution < -0.4 is 4.90 Å². The summed E-state index contributed by atoms with van der Waals surface area (Å²) in [5.74, 6) is 0.790. The van der Waals surface area contributed by atoms with Crippen molar-refractivity contribution in [1.29, 1.82) is 0 Å². The summed E-state index contributed by atoms with van der Waals surface area (Å²) < 4.78 is 24.7. The molecule has 0 unspecified atom stereocenters. The predicted octanol–water partition coefficient (Wildman–Crippen LogP) is 2.15. The third-order valence-corrected chi connectivity index (χ3v) is 6.10. The maximum atomic E-state index is 11.6. The first-order valence-electron chi connectivity index (χ1n) is 8.38. The molecule has 134 valence electrons. The average molecular weight is 360 g/mol. The van der Waals surface area contributed by atoms with Crippen LogP contribution in [0.25, 0.3) is 11.3 Å². The molecule has 0 amide bonds. The second kappa shape index (κ2) is 6.72. The van der Waals surface area contributed by atoms with Gasteiger partial charge in [-0.05, 0) is 55.7 Å². The van der Waals surface area contributed by atoms with Crippen molar-refractivity contribution in [3.8, 4) is 11.3 Å². The van der Waals surface area contributed by atoms with Crippen molar-refractivity contribution >= 4 is 15.8 Å². The molecule has 1 fully saturated rings. The molecule has 0 bridgehead atoms. The summed E-state index contributed by atoms with van der Waals surface area (Å²) in [7, 11) is -3.12. The minimum atomic E-state index is -3.12. The van der Waals surface area contributed by atoms with E-state index in [0.29, 0.717) is 26.2 Å².